The van der Waals surface area contributed by atoms with Crippen LogP contribution in [-0.2, 0) is 0 Å². The Morgan fingerprint density at radius 2 is 2.27 bits per heavy atom. The second-order valence-electron chi connectivity index (χ2n) is 6.56. The molecule has 2 rings (SSSR count). The van der Waals surface area contributed by atoms with E-state index in [1.54, 1.807) is 6.26 Å². The highest BCUT2D eigenvalue weighted by Crippen LogP contribution is 2.15. The summed E-state index contributed by atoms with van der Waals surface area (Å²) in [4.78, 5) is 5.02. The highest BCUT2D eigenvalue weighted by molar-refractivity contribution is 5.42. The number of furan rings is 1. The summed E-state index contributed by atoms with van der Waals surface area (Å²) in [5.74, 6) is 1.64. The number of aliphatic hydroxyl groups excluding tert-OH is 1. The SMILES string of the molecule is CC(C)CCN1CCN(C/C=C/c2ccco2)C[C@@H]1CCO. The number of hydrogen-bond donors (Lipinski definition) is 1. The third-order valence-corrected chi connectivity index (χ3v) is 4.33. The van der Waals surface area contributed by atoms with Crippen LogP contribution >= 0.6 is 0 Å². The molecule has 1 aliphatic heterocycles. The zero-order valence-corrected chi connectivity index (χ0v) is 13.9. The van der Waals surface area contributed by atoms with Crippen LogP contribution in [0.3, 0.4) is 0 Å². The fourth-order valence-corrected chi connectivity index (χ4v) is 2.97. The summed E-state index contributed by atoms with van der Waals surface area (Å²) in [6.07, 6.45) is 8.01. The van der Waals surface area contributed by atoms with Gasteiger partial charge in [-0.2, -0.15) is 0 Å². The van der Waals surface area contributed by atoms with Gasteiger partial charge in [-0.05, 0) is 43.5 Å². The second-order valence-corrected chi connectivity index (χ2v) is 6.56. The monoisotopic (exact) mass is 306 g/mol. The van der Waals surface area contributed by atoms with Gasteiger partial charge in [0, 0.05) is 38.8 Å². The van der Waals surface area contributed by atoms with E-state index in [0.29, 0.717) is 6.04 Å². The summed E-state index contributed by atoms with van der Waals surface area (Å²) in [5, 5.41) is 9.33. The molecule has 0 saturated carbocycles. The molecule has 0 amide bonds. The average Bonchev–Trinajstić information content (AvgIpc) is 3.00. The quantitative estimate of drug-likeness (QED) is 0.801. The zero-order chi connectivity index (χ0) is 15.8. The predicted octanol–water partition coefficient (Wildman–Crippen LogP) is 2.71. The Morgan fingerprint density at radius 1 is 1.41 bits per heavy atom. The van der Waals surface area contributed by atoms with Gasteiger partial charge in [-0.1, -0.05) is 19.9 Å². The minimum atomic E-state index is 0.277. The molecule has 0 spiro atoms. The van der Waals surface area contributed by atoms with E-state index in [1.807, 2.05) is 18.2 Å². The van der Waals surface area contributed by atoms with Crippen molar-refractivity contribution in [2.45, 2.75) is 32.7 Å². The molecule has 4 heteroatoms. The molecule has 1 aromatic rings. The maximum atomic E-state index is 9.33. The van der Waals surface area contributed by atoms with Gasteiger partial charge >= 0.3 is 0 Å². The van der Waals surface area contributed by atoms with Gasteiger partial charge in [-0.15, -0.1) is 0 Å². The van der Waals surface area contributed by atoms with E-state index in [-0.39, 0.29) is 6.61 Å². The highest BCUT2D eigenvalue weighted by Gasteiger charge is 2.25. The van der Waals surface area contributed by atoms with Crippen molar-refractivity contribution in [3.05, 3.63) is 30.2 Å². The van der Waals surface area contributed by atoms with Crippen molar-refractivity contribution in [2.75, 3.05) is 39.3 Å². The van der Waals surface area contributed by atoms with Crippen LogP contribution in [0.1, 0.15) is 32.4 Å². The first-order valence-corrected chi connectivity index (χ1v) is 8.46. The Bertz CT molecular complexity index is 428. The first-order valence-electron chi connectivity index (χ1n) is 8.46. The second kappa shape index (κ2) is 9.13. The molecule has 1 N–H and O–H groups in total. The van der Waals surface area contributed by atoms with E-state index in [1.165, 1.54) is 6.42 Å². The van der Waals surface area contributed by atoms with Gasteiger partial charge in [0.25, 0.3) is 0 Å². The molecule has 1 saturated heterocycles. The van der Waals surface area contributed by atoms with Crippen LogP contribution in [0.4, 0.5) is 0 Å². The third-order valence-electron chi connectivity index (χ3n) is 4.33. The van der Waals surface area contributed by atoms with Crippen molar-refractivity contribution < 1.29 is 9.52 Å². The van der Waals surface area contributed by atoms with Crippen LogP contribution in [0.2, 0.25) is 0 Å². The van der Waals surface area contributed by atoms with Crippen molar-refractivity contribution >= 4 is 6.08 Å². The van der Waals surface area contributed by atoms with Gasteiger partial charge < -0.3 is 9.52 Å². The third kappa shape index (κ3) is 5.59. The van der Waals surface area contributed by atoms with Crippen molar-refractivity contribution in [3.8, 4) is 0 Å². The van der Waals surface area contributed by atoms with Crippen LogP contribution in [0, 0.1) is 5.92 Å². The van der Waals surface area contributed by atoms with Gasteiger partial charge in [-0.25, -0.2) is 0 Å². The molecule has 124 valence electrons. The van der Waals surface area contributed by atoms with Gasteiger partial charge in [-0.3, -0.25) is 9.80 Å². The van der Waals surface area contributed by atoms with Crippen molar-refractivity contribution in [1.29, 1.82) is 0 Å². The normalized spacial score (nSPS) is 21.2. The van der Waals surface area contributed by atoms with E-state index in [4.69, 9.17) is 4.42 Å². The number of hydrogen-bond acceptors (Lipinski definition) is 4. The van der Waals surface area contributed by atoms with Crippen LogP contribution in [-0.4, -0.2) is 60.3 Å². The first-order chi connectivity index (χ1) is 10.7. The van der Waals surface area contributed by atoms with Crippen molar-refractivity contribution in [1.82, 2.24) is 9.80 Å². The lowest BCUT2D eigenvalue weighted by Crippen LogP contribution is -2.53. The number of nitrogens with zero attached hydrogens (tertiary/aromatic N) is 2. The van der Waals surface area contributed by atoms with Crippen molar-refractivity contribution in [3.63, 3.8) is 0 Å². The number of aliphatic hydroxyl groups is 1. The van der Waals surface area contributed by atoms with Crippen LogP contribution in [0.5, 0.6) is 0 Å². The smallest absolute Gasteiger partial charge is 0.126 e. The van der Waals surface area contributed by atoms with Gasteiger partial charge in [0.1, 0.15) is 5.76 Å². The van der Waals surface area contributed by atoms with Crippen LogP contribution in [0.15, 0.2) is 28.9 Å². The molecule has 2 heterocycles. The Hall–Kier alpha value is -1.10. The maximum Gasteiger partial charge on any atom is 0.126 e. The van der Waals surface area contributed by atoms with E-state index in [9.17, 15) is 5.11 Å². The molecule has 1 fully saturated rings. The standard InChI is InChI=1S/C18H30N2O2/c1-16(2)7-10-20-12-11-19(15-17(20)8-13-21)9-3-5-18-6-4-14-22-18/h3-6,14,16-17,21H,7-13,15H2,1-2H3/b5-3+/t17-/m0/s1. The minimum absolute atomic E-state index is 0.277. The highest BCUT2D eigenvalue weighted by atomic mass is 16.3. The summed E-state index contributed by atoms with van der Waals surface area (Å²) in [6.45, 7) is 10.2. The molecular formula is C18H30N2O2. The summed E-state index contributed by atoms with van der Waals surface area (Å²) in [7, 11) is 0. The van der Waals surface area contributed by atoms with Gasteiger partial charge in [0.05, 0.1) is 6.26 Å². The fourth-order valence-electron chi connectivity index (χ4n) is 2.97. The number of piperazine rings is 1. The lowest BCUT2D eigenvalue weighted by Gasteiger charge is -2.41. The fraction of sp³-hybridized carbons (Fsp3) is 0.667. The molecule has 0 aliphatic carbocycles. The first kappa shape index (κ1) is 17.3. The Balaban J connectivity index is 1.80. The molecule has 0 bridgehead atoms. The molecule has 22 heavy (non-hydrogen) atoms. The Kier molecular flexibility index (Phi) is 7.16. The summed E-state index contributed by atoms with van der Waals surface area (Å²) < 4.78 is 5.31. The molecule has 1 aromatic heterocycles. The topological polar surface area (TPSA) is 39.9 Å². The zero-order valence-electron chi connectivity index (χ0n) is 13.9. The van der Waals surface area contributed by atoms with E-state index in [0.717, 1.165) is 50.8 Å². The van der Waals surface area contributed by atoms with Crippen LogP contribution in [0.25, 0.3) is 6.08 Å². The van der Waals surface area contributed by atoms with E-state index in [2.05, 4.69) is 29.7 Å². The van der Waals surface area contributed by atoms with E-state index >= 15 is 0 Å². The van der Waals surface area contributed by atoms with E-state index < -0.39 is 0 Å². The molecule has 4 nitrogen and oxygen atoms in total. The lowest BCUT2D eigenvalue weighted by molar-refractivity contribution is 0.0620. The lowest BCUT2D eigenvalue weighted by atomic mass is 10.1. The summed E-state index contributed by atoms with van der Waals surface area (Å²) >= 11 is 0. The Morgan fingerprint density at radius 3 is 2.95 bits per heavy atom. The molecular weight excluding hydrogens is 276 g/mol. The molecule has 1 aliphatic rings. The number of rotatable bonds is 8. The molecule has 0 unspecified atom stereocenters. The molecule has 0 aromatic carbocycles. The molecule has 0 radical (unpaired) electrons. The largest absolute Gasteiger partial charge is 0.465 e. The summed E-state index contributed by atoms with van der Waals surface area (Å²) in [5.41, 5.74) is 0. The summed E-state index contributed by atoms with van der Waals surface area (Å²) in [6, 6.07) is 4.36. The van der Waals surface area contributed by atoms with Gasteiger partial charge in [0.15, 0.2) is 0 Å². The predicted molar refractivity (Wildman–Crippen MR) is 90.7 cm³/mol. The molecule has 1 atom stereocenters. The Labute approximate surface area is 134 Å². The van der Waals surface area contributed by atoms with Gasteiger partial charge in [0.2, 0.25) is 0 Å². The maximum absolute atomic E-state index is 9.33. The van der Waals surface area contributed by atoms with Crippen LogP contribution < -0.4 is 0 Å². The average molecular weight is 306 g/mol. The minimum Gasteiger partial charge on any atom is -0.465 e. The van der Waals surface area contributed by atoms with Crippen molar-refractivity contribution in [2.24, 2.45) is 5.92 Å².